The molecule has 0 atom stereocenters. The summed E-state index contributed by atoms with van der Waals surface area (Å²) in [5.41, 5.74) is 1.90. The second-order valence-electron chi connectivity index (χ2n) is 4.17. The largest absolute Gasteiger partial charge is 0.478 e. The van der Waals surface area contributed by atoms with Crippen LogP contribution < -0.4 is 0 Å². The van der Waals surface area contributed by atoms with Gasteiger partial charge in [-0.15, -0.1) is 0 Å². The van der Waals surface area contributed by atoms with Gasteiger partial charge < -0.3 is 14.9 Å². The predicted octanol–water partition coefficient (Wildman–Crippen LogP) is 2.68. The standard InChI is InChI=1S/C14H18O4.C2H6O/c1-4-9-7-8-11(14(17)18-6-3)12(13(15)16)10(9)5-2;1-2-3/h7-8H,4-6H2,1-3H3,(H,15,16);3H,2H2,1H3. The first-order valence-corrected chi connectivity index (χ1v) is 7.14. The Hall–Kier alpha value is -1.88. The van der Waals surface area contributed by atoms with E-state index in [1.165, 1.54) is 0 Å². The summed E-state index contributed by atoms with van der Waals surface area (Å²) in [5, 5.41) is 16.9. The molecular weight excluding hydrogens is 272 g/mol. The number of carbonyl (C=O) groups is 2. The molecule has 5 heteroatoms. The Balaban J connectivity index is 0.00000122. The lowest BCUT2D eigenvalue weighted by atomic mass is 9.93. The number of carboxylic acid groups (broad SMARTS) is 1. The van der Waals surface area contributed by atoms with Crippen molar-refractivity contribution in [3.8, 4) is 0 Å². The molecule has 1 aromatic carbocycles. The second kappa shape index (κ2) is 9.94. The molecule has 0 fully saturated rings. The highest BCUT2D eigenvalue weighted by Crippen LogP contribution is 2.22. The Morgan fingerprint density at radius 1 is 1.10 bits per heavy atom. The molecule has 118 valence electrons. The highest BCUT2D eigenvalue weighted by molar-refractivity contribution is 6.03. The summed E-state index contributed by atoms with van der Waals surface area (Å²) >= 11 is 0. The van der Waals surface area contributed by atoms with Gasteiger partial charge in [0, 0.05) is 6.61 Å². The lowest BCUT2D eigenvalue weighted by Gasteiger charge is -2.13. The lowest BCUT2D eigenvalue weighted by molar-refractivity contribution is 0.0514. The highest BCUT2D eigenvalue weighted by Gasteiger charge is 2.22. The van der Waals surface area contributed by atoms with Gasteiger partial charge in [-0.05, 0) is 43.9 Å². The van der Waals surface area contributed by atoms with Crippen molar-refractivity contribution in [2.45, 2.75) is 40.5 Å². The number of esters is 1. The molecule has 0 aliphatic heterocycles. The number of aliphatic hydroxyl groups is 1. The fourth-order valence-corrected chi connectivity index (χ4v) is 2.05. The Labute approximate surface area is 125 Å². The van der Waals surface area contributed by atoms with Crippen LogP contribution in [0, 0.1) is 0 Å². The molecule has 0 saturated heterocycles. The van der Waals surface area contributed by atoms with Crippen molar-refractivity contribution < 1.29 is 24.5 Å². The van der Waals surface area contributed by atoms with Crippen molar-refractivity contribution in [3.05, 3.63) is 34.4 Å². The van der Waals surface area contributed by atoms with Gasteiger partial charge in [-0.2, -0.15) is 0 Å². The Kier molecular flexibility index (Phi) is 9.05. The zero-order chi connectivity index (χ0) is 16.4. The van der Waals surface area contributed by atoms with Crippen molar-refractivity contribution in [1.29, 1.82) is 0 Å². The third kappa shape index (κ3) is 5.19. The molecule has 2 N–H and O–H groups in total. The first-order chi connectivity index (χ1) is 9.98. The molecule has 0 saturated carbocycles. The van der Waals surface area contributed by atoms with Gasteiger partial charge in [0.1, 0.15) is 0 Å². The number of hydrogen-bond donors (Lipinski definition) is 2. The number of benzene rings is 1. The highest BCUT2D eigenvalue weighted by atomic mass is 16.5. The zero-order valence-corrected chi connectivity index (χ0v) is 13.1. The molecule has 0 unspecified atom stereocenters. The zero-order valence-electron chi connectivity index (χ0n) is 13.1. The van der Waals surface area contributed by atoms with Crippen LogP contribution in [0.4, 0.5) is 0 Å². The lowest BCUT2D eigenvalue weighted by Crippen LogP contribution is -2.15. The number of ether oxygens (including phenoxy) is 1. The quantitative estimate of drug-likeness (QED) is 0.816. The summed E-state index contributed by atoms with van der Waals surface area (Å²) in [7, 11) is 0. The number of aromatic carboxylic acids is 1. The molecule has 0 bridgehead atoms. The van der Waals surface area contributed by atoms with Crippen molar-refractivity contribution in [2.24, 2.45) is 0 Å². The molecule has 0 spiro atoms. The maximum absolute atomic E-state index is 11.8. The molecule has 0 aliphatic carbocycles. The van der Waals surface area contributed by atoms with Gasteiger partial charge in [-0.25, -0.2) is 9.59 Å². The third-order valence-corrected chi connectivity index (χ3v) is 2.85. The number of rotatable bonds is 5. The van der Waals surface area contributed by atoms with E-state index < -0.39 is 11.9 Å². The summed E-state index contributed by atoms with van der Waals surface area (Å²) in [5.74, 6) is -1.66. The number of carbonyl (C=O) groups excluding carboxylic acids is 1. The Bertz CT molecular complexity index is 480. The third-order valence-electron chi connectivity index (χ3n) is 2.85. The van der Waals surface area contributed by atoms with Crippen LogP contribution in [0.1, 0.15) is 59.5 Å². The van der Waals surface area contributed by atoms with E-state index >= 15 is 0 Å². The molecule has 0 heterocycles. The van der Waals surface area contributed by atoms with Crippen molar-refractivity contribution in [2.75, 3.05) is 13.2 Å². The second-order valence-corrected chi connectivity index (χ2v) is 4.17. The monoisotopic (exact) mass is 296 g/mol. The van der Waals surface area contributed by atoms with E-state index in [2.05, 4.69) is 0 Å². The topological polar surface area (TPSA) is 83.8 Å². The number of aryl methyl sites for hydroxylation is 1. The fourth-order valence-electron chi connectivity index (χ4n) is 2.05. The van der Waals surface area contributed by atoms with Crippen molar-refractivity contribution >= 4 is 11.9 Å². The molecule has 21 heavy (non-hydrogen) atoms. The minimum atomic E-state index is -1.08. The first-order valence-electron chi connectivity index (χ1n) is 7.14. The van der Waals surface area contributed by atoms with Crippen LogP contribution >= 0.6 is 0 Å². The molecular formula is C16H24O5. The van der Waals surface area contributed by atoms with E-state index in [4.69, 9.17) is 9.84 Å². The van der Waals surface area contributed by atoms with Crippen molar-refractivity contribution in [3.63, 3.8) is 0 Å². The van der Waals surface area contributed by atoms with Crippen LogP contribution in [0.5, 0.6) is 0 Å². The van der Waals surface area contributed by atoms with Crippen LogP contribution in [0.2, 0.25) is 0 Å². The summed E-state index contributed by atoms with van der Waals surface area (Å²) < 4.78 is 4.89. The SMILES string of the molecule is CCO.CCOC(=O)c1ccc(CC)c(CC)c1C(=O)O. The van der Waals surface area contributed by atoms with Gasteiger partial charge in [0.25, 0.3) is 0 Å². The van der Waals surface area contributed by atoms with E-state index in [9.17, 15) is 14.7 Å². The number of hydrogen-bond acceptors (Lipinski definition) is 4. The van der Waals surface area contributed by atoms with Crippen LogP contribution in [-0.4, -0.2) is 35.4 Å². The Morgan fingerprint density at radius 2 is 1.67 bits per heavy atom. The van der Waals surface area contributed by atoms with E-state index in [1.54, 1.807) is 26.0 Å². The van der Waals surface area contributed by atoms with Crippen LogP contribution in [0.15, 0.2) is 12.1 Å². The van der Waals surface area contributed by atoms with Gasteiger partial charge in [-0.3, -0.25) is 0 Å². The molecule has 0 aromatic heterocycles. The first kappa shape index (κ1) is 19.1. The van der Waals surface area contributed by atoms with E-state index in [-0.39, 0.29) is 24.3 Å². The maximum atomic E-state index is 11.8. The number of carboxylic acids is 1. The van der Waals surface area contributed by atoms with Crippen LogP contribution in [0.25, 0.3) is 0 Å². The van der Waals surface area contributed by atoms with Crippen LogP contribution in [-0.2, 0) is 17.6 Å². The van der Waals surface area contributed by atoms with Gasteiger partial charge >= 0.3 is 11.9 Å². The minimum Gasteiger partial charge on any atom is -0.478 e. The summed E-state index contributed by atoms with van der Waals surface area (Å²) in [6.07, 6.45) is 1.32. The summed E-state index contributed by atoms with van der Waals surface area (Å²) in [6, 6.07) is 3.34. The molecule has 5 nitrogen and oxygen atoms in total. The summed E-state index contributed by atoms with van der Waals surface area (Å²) in [4.78, 5) is 23.1. The molecule has 1 rings (SSSR count). The average Bonchev–Trinajstić information content (AvgIpc) is 2.46. The van der Waals surface area contributed by atoms with E-state index in [1.807, 2.05) is 13.8 Å². The van der Waals surface area contributed by atoms with Gasteiger partial charge in [0.05, 0.1) is 17.7 Å². The predicted molar refractivity (Wildman–Crippen MR) is 80.9 cm³/mol. The molecule has 0 amide bonds. The molecule has 0 radical (unpaired) electrons. The average molecular weight is 296 g/mol. The number of aliphatic hydroxyl groups excluding tert-OH is 1. The maximum Gasteiger partial charge on any atom is 0.339 e. The summed E-state index contributed by atoms with van der Waals surface area (Å²) in [6.45, 7) is 7.70. The molecule has 0 aliphatic rings. The molecule has 1 aromatic rings. The van der Waals surface area contributed by atoms with Gasteiger partial charge in [0.15, 0.2) is 0 Å². The minimum absolute atomic E-state index is 0.0790. The smallest absolute Gasteiger partial charge is 0.339 e. The van der Waals surface area contributed by atoms with Crippen molar-refractivity contribution in [1.82, 2.24) is 0 Å². The van der Waals surface area contributed by atoms with Gasteiger partial charge in [0.2, 0.25) is 0 Å². The van der Waals surface area contributed by atoms with Gasteiger partial charge in [-0.1, -0.05) is 19.9 Å². The van der Waals surface area contributed by atoms with E-state index in [0.29, 0.717) is 6.42 Å². The Morgan fingerprint density at radius 3 is 2.05 bits per heavy atom. The van der Waals surface area contributed by atoms with E-state index in [0.717, 1.165) is 17.5 Å². The van der Waals surface area contributed by atoms with Crippen LogP contribution in [0.3, 0.4) is 0 Å². The normalized spacial score (nSPS) is 9.57. The fraction of sp³-hybridized carbons (Fsp3) is 0.500.